The van der Waals surface area contributed by atoms with Gasteiger partial charge in [-0.15, -0.1) is 0 Å². The average Bonchev–Trinajstić information content (AvgIpc) is 2.84. The van der Waals surface area contributed by atoms with Gasteiger partial charge in [-0.2, -0.15) is 5.26 Å². The van der Waals surface area contributed by atoms with Gasteiger partial charge in [0.05, 0.1) is 18.7 Å². The zero-order valence-corrected chi connectivity index (χ0v) is 20.2. The number of hydrogen-bond donors (Lipinski definition) is 0. The smallest absolute Gasteiger partial charge is 0.301 e. The molecule has 0 amide bonds. The van der Waals surface area contributed by atoms with Gasteiger partial charge in [0.1, 0.15) is 5.41 Å². The second kappa shape index (κ2) is 9.82. The number of piperidine rings is 1. The van der Waals surface area contributed by atoms with E-state index in [-0.39, 0.29) is 11.2 Å². The van der Waals surface area contributed by atoms with E-state index in [1.165, 1.54) is 4.57 Å². The number of nitrogens with zero attached hydrogens (tertiary/aromatic N) is 4. The first-order valence-electron chi connectivity index (χ1n) is 12.0. The summed E-state index contributed by atoms with van der Waals surface area (Å²) in [4.78, 5) is 29.6. The Morgan fingerprint density at radius 1 is 1.03 bits per heavy atom. The molecule has 1 aliphatic heterocycles. The number of hydrogen-bond acceptors (Lipinski definition) is 4. The normalized spacial score (nSPS) is 20.7. The molecular weight excluding hydrogens is 424 g/mol. The van der Waals surface area contributed by atoms with Crippen LogP contribution in [-0.2, 0) is 12.0 Å². The monoisotopic (exact) mass is 456 g/mol. The van der Waals surface area contributed by atoms with Crippen molar-refractivity contribution in [2.75, 3.05) is 19.6 Å². The lowest BCUT2D eigenvalue weighted by molar-refractivity contribution is 0.119. The van der Waals surface area contributed by atoms with Crippen molar-refractivity contribution in [1.82, 2.24) is 14.0 Å². The van der Waals surface area contributed by atoms with E-state index in [0.29, 0.717) is 25.1 Å². The lowest BCUT2D eigenvalue weighted by atomic mass is 9.69. The molecule has 6 nitrogen and oxygen atoms in total. The number of aromatic nitrogens is 2. The molecule has 0 spiro atoms. The van der Waals surface area contributed by atoms with Crippen molar-refractivity contribution in [2.24, 2.45) is 0 Å². The van der Waals surface area contributed by atoms with E-state index in [1.54, 1.807) is 17.7 Å². The first kappa shape index (κ1) is 23.7. The Balaban J connectivity index is 1.92. The van der Waals surface area contributed by atoms with Crippen LogP contribution in [0.4, 0.5) is 0 Å². The van der Waals surface area contributed by atoms with Crippen LogP contribution in [0.15, 0.2) is 70.4 Å². The molecule has 2 aromatic carbocycles. The number of benzene rings is 2. The van der Waals surface area contributed by atoms with Gasteiger partial charge >= 0.3 is 5.69 Å². The quantitative estimate of drug-likeness (QED) is 0.566. The SMILES string of the molecule is CCCN1CCC(C#N)(c2ccccc2C)C(n2c(=O)c(C)cn(Cc3ccccc3)c2=O)C1. The van der Waals surface area contributed by atoms with E-state index in [2.05, 4.69) is 17.9 Å². The summed E-state index contributed by atoms with van der Waals surface area (Å²) in [6.45, 7) is 8.34. The van der Waals surface area contributed by atoms with Gasteiger partial charge in [0.15, 0.2) is 0 Å². The molecule has 0 saturated carbocycles. The Morgan fingerprint density at radius 3 is 2.41 bits per heavy atom. The van der Waals surface area contributed by atoms with E-state index in [1.807, 2.05) is 61.5 Å². The standard InChI is InChI=1S/C28H32N4O2/c1-4-15-30-16-14-28(20-29,24-13-9-8-10-21(24)2)25(19-30)32-26(33)22(3)17-31(27(32)34)18-23-11-6-5-7-12-23/h5-13,17,25H,4,14-16,18-19H2,1-3H3. The highest BCUT2D eigenvalue weighted by Crippen LogP contribution is 2.42. The highest BCUT2D eigenvalue weighted by atomic mass is 16.2. The molecule has 1 aliphatic rings. The van der Waals surface area contributed by atoms with Gasteiger partial charge in [-0.25, -0.2) is 4.79 Å². The second-order valence-corrected chi connectivity index (χ2v) is 9.35. The lowest BCUT2D eigenvalue weighted by Crippen LogP contribution is -2.56. The van der Waals surface area contributed by atoms with Gasteiger partial charge in [-0.05, 0) is 49.9 Å². The molecular formula is C28H32N4O2. The molecule has 4 rings (SSSR count). The van der Waals surface area contributed by atoms with E-state index < -0.39 is 11.5 Å². The minimum absolute atomic E-state index is 0.314. The molecule has 34 heavy (non-hydrogen) atoms. The summed E-state index contributed by atoms with van der Waals surface area (Å²) < 4.78 is 2.97. The Labute approximate surface area is 200 Å². The van der Waals surface area contributed by atoms with Crippen LogP contribution in [0.25, 0.3) is 0 Å². The maximum absolute atomic E-state index is 13.8. The molecule has 0 N–H and O–H groups in total. The predicted molar refractivity (Wildman–Crippen MR) is 134 cm³/mol. The van der Waals surface area contributed by atoms with Crippen LogP contribution < -0.4 is 11.2 Å². The maximum Gasteiger partial charge on any atom is 0.331 e. The van der Waals surface area contributed by atoms with Gasteiger partial charge in [0.2, 0.25) is 0 Å². The van der Waals surface area contributed by atoms with Crippen molar-refractivity contribution in [3.05, 3.63) is 104 Å². The predicted octanol–water partition coefficient (Wildman–Crippen LogP) is 3.79. The molecule has 2 unspecified atom stereocenters. The van der Waals surface area contributed by atoms with Gasteiger partial charge in [-0.3, -0.25) is 13.9 Å². The fourth-order valence-electron chi connectivity index (χ4n) is 5.32. The van der Waals surface area contributed by atoms with Crippen molar-refractivity contribution in [2.45, 2.75) is 51.6 Å². The Kier molecular flexibility index (Phi) is 6.85. The number of rotatable bonds is 6. The van der Waals surface area contributed by atoms with Gasteiger partial charge < -0.3 is 4.90 Å². The molecule has 1 aromatic heterocycles. The Hall–Kier alpha value is -3.43. The first-order chi connectivity index (χ1) is 16.4. The van der Waals surface area contributed by atoms with Gasteiger partial charge in [0, 0.05) is 24.8 Å². The molecule has 2 heterocycles. The van der Waals surface area contributed by atoms with Crippen LogP contribution in [0.3, 0.4) is 0 Å². The minimum Gasteiger partial charge on any atom is -0.301 e. The summed E-state index contributed by atoms with van der Waals surface area (Å²) in [5.41, 5.74) is 1.75. The van der Waals surface area contributed by atoms with E-state index in [9.17, 15) is 14.9 Å². The fraction of sp³-hybridized carbons (Fsp3) is 0.393. The third-order valence-corrected chi connectivity index (χ3v) is 7.05. The van der Waals surface area contributed by atoms with E-state index in [4.69, 9.17) is 0 Å². The molecule has 1 saturated heterocycles. The summed E-state index contributed by atoms with van der Waals surface area (Å²) in [5.74, 6) is 0. The van der Waals surface area contributed by atoms with Crippen molar-refractivity contribution in [1.29, 1.82) is 5.26 Å². The molecule has 0 bridgehead atoms. The first-order valence-corrected chi connectivity index (χ1v) is 12.0. The van der Waals surface area contributed by atoms with Crippen molar-refractivity contribution >= 4 is 0 Å². The molecule has 0 aliphatic carbocycles. The average molecular weight is 457 g/mol. The molecule has 1 fully saturated rings. The van der Waals surface area contributed by atoms with Crippen LogP contribution in [0.1, 0.15) is 48.1 Å². The number of nitriles is 1. The van der Waals surface area contributed by atoms with Crippen molar-refractivity contribution < 1.29 is 0 Å². The molecule has 3 aromatic rings. The largest absolute Gasteiger partial charge is 0.331 e. The van der Waals surface area contributed by atoms with Crippen LogP contribution in [0, 0.1) is 25.2 Å². The highest BCUT2D eigenvalue weighted by molar-refractivity contribution is 5.41. The topological polar surface area (TPSA) is 71.0 Å². The summed E-state index contributed by atoms with van der Waals surface area (Å²) in [7, 11) is 0. The van der Waals surface area contributed by atoms with E-state index in [0.717, 1.165) is 36.2 Å². The minimum atomic E-state index is -0.961. The summed E-state index contributed by atoms with van der Waals surface area (Å²) in [5, 5.41) is 10.6. The Bertz CT molecular complexity index is 1320. The summed E-state index contributed by atoms with van der Waals surface area (Å²) >= 11 is 0. The number of aryl methyl sites for hydroxylation is 2. The third-order valence-electron chi connectivity index (χ3n) is 7.05. The Morgan fingerprint density at radius 2 is 1.74 bits per heavy atom. The maximum atomic E-state index is 13.8. The highest BCUT2D eigenvalue weighted by Gasteiger charge is 2.48. The van der Waals surface area contributed by atoms with Crippen molar-refractivity contribution in [3.63, 3.8) is 0 Å². The molecule has 2 atom stereocenters. The zero-order valence-electron chi connectivity index (χ0n) is 20.2. The molecule has 0 radical (unpaired) electrons. The fourth-order valence-corrected chi connectivity index (χ4v) is 5.32. The van der Waals surface area contributed by atoms with Crippen LogP contribution >= 0.6 is 0 Å². The number of likely N-dealkylation sites (tertiary alicyclic amines) is 1. The van der Waals surface area contributed by atoms with Crippen LogP contribution in [-0.4, -0.2) is 33.7 Å². The third kappa shape index (κ3) is 4.24. The van der Waals surface area contributed by atoms with Gasteiger partial charge in [-0.1, -0.05) is 61.5 Å². The van der Waals surface area contributed by atoms with Gasteiger partial charge in [0.25, 0.3) is 5.56 Å². The lowest BCUT2D eigenvalue weighted by Gasteiger charge is -2.45. The molecule has 176 valence electrons. The summed E-state index contributed by atoms with van der Waals surface area (Å²) in [6.07, 6.45) is 3.18. The summed E-state index contributed by atoms with van der Waals surface area (Å²) in [6, 6.07) is 19.6. The van der Waals surface area contributed by atoms with E-state index >= 15 is 0 Å². The zero-order chi connectivity index (χ0) is 24.3. The van der Waals surface area contributed by atoms with Crippen LogP contribution in [0.5, 0.6) is 0 Å². The molecule has 6 heteroatoms. The van der Waals surface area contributed by atoms with Crippen molar-refractivity contribution in [3.8, 4) is 6.07 Å². The van der Waals surface area contributed by atoms with Crippen LogP contribution in [0.2, 0.25) is 0 Å². The second-order valence-electron chi connectivity index (χ2n) is 9.35.